The van der Waals surface area contributed by atoms with Crippen molar-refractivity contribution in [3.05, 3.63) is 35.3 Å². The normalized spacial score (nSPS) is 40.8. The van der Waals surface area contributed by atoms with Gasteiger partial charge in [0, 0.05) is 28.7 Å². The number of allylic oxidation sites excluding steroid dienone is 1. The number of methoxy groups -OCH3 is 1. The Morgan fingerprint density at radius 1 is 1.24 bits per heavy atom. The van der Waals surface area contributed by atoms with Gasteiger partial charge in [0.25, 0.3) is 0 Å². The second-order valence-electron chi connectivity index (χ2n) is 11.7. The lowest BCUT2D eigenvalue weighted by molar-refractivity contribution is -0.186. The molecule has 1 aromatic heterocycles. The number of ketones is 1. The summed E-state index contributed by atoms with van der Waals surface area (Å²) >= 11 is 0. The molecule has 3 aliphatic carbocycles. The number of aliphatic hydroxyl groups excluding tert-OH is 1. The number of fused-ring (bicyclic) bond motifs is 5. The Labute approximate surface area is 199 Å². The van der Waals surface area contributed by atoms with E-state index in [9.17, 15) is 19.5 Å². The van der Waals surface area contributed by atoms with Crippen LogP contribution < -0.4 is 0 Å². The minimum atomic E-state index is -0.884. The molecule has 0 unspecified atom stereocenters. The highest BCUT2D eigenvalue weighted by Crippen LogP contribution is 2.67. The summed E-state index contributed by atoms with van der Waals surface area (Å²) in [6.07, 6.45) is 4.09. The van der Waals surface area contributed by atoms with Crippen molar-refractivity contribution in [2.45, 2.75) is 72.0 Å². The van der Waals surface area contributed by atoms with Gasteiger partial charge in [-0.25, -0.2) is 0 Å². The molecule has 5 rings (SSSR count). The molecule has 2 bridgehead atoms. The summed E-state index contributed by atoms with van der Waals surface area (Å²) in [7, 11) is 1.35. The first-order chi connectivity index (χ1) is 16.0. The fourth-order valence-electron chi connectivity index (χ4n) is 7.98. The third kappa shape index (κ3) is 2.95. The largest absolute Gasteiger partial charge is 0.472 e. The summed E-state index contributed by atoms with van der Waals surface area (Å²) < 4.78 is 16.1. The summed E-state index contributed by atoms with van der Waals surface area (Å²) in [6, 6.07) is 1.84. The number of Topliss-reactive ketones (excluding diaryl/α,β-unsaturated/α-hetero) is 1. The van der Waals surface area contributed by atoms with Gasteiger partial charge in [0.1, 0.15) is 11.9 Å². The summed E-state index contributed by atoms with van der Waals surface area (Å²) in [6.45, 7) is 8.03. The molecule has 1 aliphatic heterocycles. The highest BCUT2D eigenvalue weighted by Gasteiger charge is 2.67. The van der Waals surface area contributed by atoms with E-state index in [-0.39, 0.29) is 42.4 Å². The second kappa shape index (κ2) is 7.54. The van der Waals surface area contributed by atoms with E-state index in [1.807, 2.05) is 26.8 Å². The lowest BCUT2D eigenvalue weighted by Gasteiger charge is -2.63. The maximum atomic E-state index is 13.9. The van der Waals surface area contributed by atoms with Crippen LogP contribution in [0.5, 0.6) is 0 Å². The van der Waals surface area contributed by atoms with Gasteiger partial charge in [-0.15, -0.1) is 0 Å². The predicted octanol–water partition coefficient (Wildman–Crippen LogP) is 4.16. The molecule has 0 spiro atoms. The van der Waals surface area contributed by atoms with Crippen molar-refractivity contribution in [3.63, 3.8) is 0 Å². The summed E-state index contributed by atoms with van der Waals surface area (Å²) in [5.74, 6) is -1.64. The van der Waals surface area contributed by atoms with Crippen LogP contribution in [-0.4, -0.2) is 36.0 Å². The maximum Gasteiger partial charge on any atom is 0.310 e. The van der Waals surface area contributed by atoms with Gasteiger partial charge in [-0.3, -0.25) is 14.4 Å². The van der Waals surface area contributed by atoms with E-state index in [2.05, 4.69) is 6.92 Å². The van der Waals surface area contributed by atoms with E-state index in [1.54, 1.807) is 12.5 Å². The van der Waals surface area contributed by atoms with E-state index in [0.717, 1.165) is 29.6 Å². The van der Waals surface area contributed by atoms with Crippen LogP contribution in [0, 0.1) is 34.0 Å². The number of ether oxygens (including phenoxy) is 2. The standard InChI is InChI=1S/C27H34O7/c1-25(2)19(12-20(28)32-5)27(4)17-6-8-26(3)18(15(17)10-16(22(25)30)23(27)31)11-21(29)34-24(26)14-7-9-33-13-14/h7,9,13,16-17,19,22,24,30H,6,8,10-12H2,1-5H3/t16-,17+,19-,22-,24-,26-,27+/m0/s1. The van der Waals surface area contributed by atoms with E-state index >= 15 is 0 Å². The first kappa shape index (κ1) is 23.3. The first-order valence-electron chi connectivity index (χ1n) is 12.2. The van der Waals surface area contributed by atoms with Crippen molar-refractivity contribution in [1.29, 1.82) is 0 Å². The number of carbonyl (C=O) groups excluding carboxylic acids is 3. The number of aliphatic hydroxyl groups is 1. The van der Waals surface area contributed by atoms with E-state index < -0.39 is 34.4 Å². The zero-order valence-corrected chi connectivity index (χ0v) is 20.6. The molecular formula is C27H34O7. The molecule has 2 heterocycles. The Kier molecular flexibility index (Phi) is 5.18. The van der Waals surface area contributed by atoms with Gasteiger partial charge >= 0.3 is 11.9 Å². The summed E-state index contributed by atoms with van der Waals surface area (Å²) in [5.41, 5.74) is 1.11. The van der Waals surface area contributed by atoms with Crippen LogP contribution >= 0.6 is 0 Å². The zero-order valence-electron chi connectivity index (χ0n) is 20.6. The molecule has 0 amide bonds. The molecule has 0 aromatic carbocycles. The van der Waals surface area contributed by atoms with Gasteiger partial charge in [0.05, 0.1) is 32.2 Å². The van der Waals surface area contributed by atoms with Crippen molar-refractivity contribution in [3.8, 4) is 0 Å². The molecule has 7 nitrogen and oxygen atoms in total. The average molecular weight is 471 g/mol. The molecular weight excluding hydrogens is 436 g/mol. The van der Waals surface area contributed by atoms with Gasteiger partial charge in [0.2, 0.25) is 0 Å². The van der Waals surface area contributed by atoms with Crippen molar-refractivity contribution < 1.29 is 33.4 Å². The second-order valence-corrected chi connectivity index (χ2v) is 11.7. The quantitative estimate of drug-likeness (QED) is 0.523. The maximum absolute atomic E-state index is 13.9. The van der Waals surface area contributed by atoms with Crippen LogP contribution in [0.3, 0.4) is 0 Å². The van der Waals surface area contributed by atoms with Crippen LogP contribution in [0.2, 0.25) is 0 Å². The lowest BCUT2D eigenvalue weighted by Crippen LogP contribution is -2.66. The molecule has 7 heteroatoms. The SMILES string of the molecule is COC(=O)C[C@H]1C(C)(C)[C@@H](O)[C@@H]2CC3=C4CC(=O)O[C@@H](c5ccoc5)[C@@]4(C)CC[C@H]3[C@@]1(C)C2=O. The molecule has 184 valence electrons. The van der Waals surface area contributed by atoms with Gasteiger partial charge in [-0.1, -0.05) is 33.3 Å². The minimum absolute atomic E-state index is 0.0379. The van der Waals surface area contributed by atoms with E-state index in [4.69, 9.17) is 13.9 Å². The number of hydrogen-bond acceptors (Lipinski definition) is 7. The number of hydrogen-bond donors (Lipinski definition) is 1. The molecule has 1 N–H and O–H groups in total. The van der Waals surface area contributed by atoms with Crippen LogP contribution in [0.1, 0.15) is 71.5 Å². The fraction of sp³-hybridized carbons (Fsp3) is 0.667. The summed E-state index contributed by atoms with van der Waals surface area (Å²) in [4.78, 5) is 39.1. The molecule has 1 aromatic rings. The molecule has 34 heavy (non-hydrogen) atoms. The number of rotatable bonds is 3. The van der Waals surface area contributed by atoms with Gasteiger partial charge in [-0.2, -0.15) is 0 Å². The van der Waals surface area contributed by atoms with Gasteiger partial charge in [-0.05, 0) is 48.2 Å². The molecule has 7 atom stereocenters. The molecule has 1 saturated heterocycles. The lowest BCUT2D eigenvalue weighted by atomic mass is 9.40. The third-order valence-corrected chi connectivity index (χ3v) is 9.84. The monoisotopic (exact) mass is 470 g/mol. The van der Waals surface area contributed by atoms with Crippen LogP contribution in [0.15, 0.2) is 34.2 Å². The molecule has 3 fully saturated rings. The molecule has 0 radical (unpaired) electrons. The van der Waals surface area contributed by atoms with E-state index in [0.29, 0.717) is 6.42 Å². The van der Waals surface area contributed by atoms with Crippen molar-refractivity contribution in [2.24, 2.45) is 34.0 Å². The van der Waals surface area contributed by atoms with Crippen molar-refractivity contribution in [1.82, 2.24) is 0 Å². The van der Waals surface area contributed by atoms with Gasteiger partial charge in [0.15, 0.2) is 0 Å². The van der Waals surface area contributed by atoms with Gasteiger partial charge < -0.3 is 19.0 Å². The van der Waals surface area contributed by atoms with E-state index in [1.165, 1.54) is 7.11 Å². The Morgan fingerprint density at radius 3 is 2.62 bits per heavy atom. The number of furan rings is 1. The fourth-order valence-corrected chi connectivity index (χ4v) is 7.98. The molecule has 2 saturated carbocycles. The van der Waals surface area contributed by atoms with Crippen molar-refractivity contribution >= 4 is 17.7 Å². The average Bonchev–Trinajstić information content (AvgIpc) is 3.32. The number of esters is 2. The first-order valence-corrected chi connectivity index (χ1v) is 12.2. The van der Waals surface area contributed by atoms with Crippen molar-refractivity contribution in [2.75, 3.05) is 7.11 Å². The minimum Gasteiger partial charge on any atom is -0.472 e. The van der Waals surface area contributed by atoms with Crippen LogP contribution in [0.4, 0.5) is 0 Å². The Balaban J connectivity index is 1.67. The van der Waals surface area contributed by atoms with Crippen LogP contribution in [-0.2, 0) is 23.9 Å². The zero-order chi connectivity index (χ0) is 24.6. The predicted molar refractivity (Wildman–Crippen MR) is 121 cm³/mol. The summed E-state index contributed by atoms with van der Waals surface area (Å²) in [5, 5.41) is 11.4. The third-order valence-electron chi connectivity index (χ3n) is 9.84. The number of cyclic esters (lactones) is 1. The highest BCUT2D eigenvalue weighted by atomic mass is 16.5. The Hall–Kier alpha value is -2.41. The molecule has 4 aliphatic rings. The topological polar surface area (TPSA) is 103 Å². The highest BCUT2D eigenvalue weighted by molar-refractivity contribution is 5.92. The Bertz CT molecular complexity index is 1070. The Morgan fingerprint density at radius 2 is 1.97 bits per heavy atom. The number of carbonyl (C=O) groups is 3. The smallest absolute Gasteiger partial charge is 0.310 e. The van der Waals surface area contributed by atoms with Crippen LogP contribution in [0.25, 0.3) is 0 Å².